The first-order valence-corrected chi connectivity index (χ1v) is 7.94. The van der Waals surface area contributed by atoms with Crippen LogP contribution in [-0.2, 0) is 4.79 Å². The molecule has 0 aromatic heterocycles. The van der Waals surface area contributed by atoms with E-state index in [0.29, 0.717) is 0 Å². The molecule has 0 atom stereocenters. The van der Waals surface area contributed by atoms with Crippen molar-refractivity contribution in [2.45, 2.75) is 38.1 Å². The maximum absolute atomic E-state index is 12.6. The number of nitrogens with zero attached hydrogens (tertiary/aromatic N) is 3. The number of phenolic OH excluding ortho intramolecular Hbond substituents is 1. The lowest BCUT2D eigenvalue weighted by atomic mass is 9.94. The molecule has 0 radical (unpaired) electrons. The Morgan fingerprint density at radius 1 is 1.22 bits per heavy atom. The van der Waals surface area contributed by atoms with E-state index >= 15 is 0 Å². The van der Waals surface area contributed by atoms with Gasteiger partial charge in [0.15, 0.2) is 0 Å². The molecule has 23 heavy (non-hydrogen) atoms. The Bertz CT molecular complexity index is 610. The van der Waals surface area contributed by atoms with Crippen LogP contribution in [-0.4, -0.2) is 36.1 Å². The highest BCUT2D eigenvalue weighted by Crippen LogP contribution is 2.23. The van der Waals surface area contributed by atoms with Crippen molar-refractivity contribution < 1.29 is 9.90 Å². The van der Waals surface area contributed by atoms with Crippen LogP contribution in [0.1, 0.15) is 32.1 Å². The molecule has 1 aliphatic carbocycles. The summed E-state index contributed by atoms with van der Waals surface area (Å²) in [6.07, 6.45) is 7.07. The molecule has 1 aromatic carbocycles. The molecule has 122 valence electrons. The predicted octanol–water partition coefficient (Wildman–Crippen LogP) is 3.03. The molecule has 0 heterocycles. The second-order valence-corrected chi connectivity index (χ2v) is 5.99. The molecular formula is C18H23N3O2. The van der Waals surface area contributed by atoms with E-state index in [9.17, 15) is 15.2 Å². The summed E-state index contributed by atoms with van der Waals surface area (Å²) in [4.78, 5) is 16.0. The largest absolute Gasteiger partial charge is 0.508 e. The first-order valence-electron chi connectivity index (χ1n) is 7.94. The fourth-order valence-electron chi connectivity index (χ4n) is 2.91. The third-order valence-corrected chi connectivity index (χ3v) is 4.37. The summed E-state index contributed by atoms with van der Waals surface area (Å²) in [7, 11) is 3.56. The lowest BCUT2D eigenvalue weighted by Crippen LogP contribution is -2.39. The maximum atomic E-state index is 12.6. The molecule has 0 aliphatic heterocycles. The van der Waals surface area contributed by atoms with E-state index in [0.717, 1.165) is 31.4 Å². The molecule has 0 saturated heterocycles. The van der Waals surface area contributed by atoms with E-state index in [-0.39, 0.29) is 23.3 Å². The van der Waals surface area contributed by atoms with Crippen molar-refractivity contribution in [2.75, 3.05) is 19.0 Å². The van der Waals surface area contributed by atoms with Gasteiger partial charge in [0, 0.05) is 32.0 Å². The van der Waals surface area contributed by atoms with Crippen LogP contribution in [0.2, 0.25) is 0 Å². The molecule has 1 N–H and O–H groups in total. The number of nitriles is 1. The Morgan fingerprint density at radius 3 is 2.39 bits per heavy atom. The molecule has 5 heteroatoms. The van der Waals surface area contributed by atoms with E-state index in [1.165, 1.54) is 6.42 Å². The SMILES string of the molecule is CN(/C=C(/C#N)C(=O)N(C)C1CCCCC1)c1ccc(O)cc1. The van der Waals surface area contributed by atoms with Gasteiger partial charge in [0.2, 0.25) is 0 Å². The second-order valence-electron chi connectivity index (χ2n) is 5.99. The number of aromatic hydroxyl groups is 1. The van der Waals surface area contributed by atoms with Crippen LogP contribution in [0.4, 0.5) is 5.69 Å². The van der Waals surface area contributed by atoms with Gasteiger partial charge in [-0.1, -0.05) is 19.3 Å². The zero-order chi connectivity index (χ0) is 16.8. The molecule has 1 aromatic rings. The molecular weight excluding hydrogens is 290 g/mol. The normalized spacial score (nSPS) is 15.8. The number of carbonyl (C=O) groups excluding carboxylic acids is 1. The average molecular weight is 313 g/mol. The number of phenols is 1. The highest BCUT2D eigenvalue weighted by atomic mass is 16.3. The van der Waals surface area contributed by atoms with Gasteiger partial charge in [-0.25, -0.2) is 0 Å². The van der Waals surface area contributed by atoms with Gasteiger partial charge in [-0.2, -0.15) is 5.26 Å². The van der Waals surface area contributed by atoms with Gasteiger partial charge in [-0.15, -0.1) is 0 Å². The van der Waals surface area contributed by atoms with Crippen molar-refractivity contribution in [1.29, 1.82) is 5.26 Å². The van der Waals surface area contributed by atoms with E-state index in [1.807, 2.05) is 6.07 Å². The highest BCUT2D eigenvalue weighted by Gasteiger charge is 2.24. The molecule has 0 bridgehead atoms. The highest BCUT2D eigenvalue weighted by molar-refractivity contribution is 5.97. The summed E-state index contributed by atoms with van der Waals surface area (Å²) >= 11 is 0. The van der Waals surface area contributed by atoms with E-state index in [1.54, 1.807) is 54.4 Å². The monoisotopic (exact) mass is 313 g/mol. The third-order valence-electron chi connectivity index (χ3n) is 4.37. The molecule has 0 spiro atoms. The Balaban J connectivity index is 2.12. The summed E-state index contributed by atoms with van der Waals surface area (Å²) in [5.74, 6) is -0.0511. The van der Waals surface area contributed by atoms with Crippen LogP contribution in [0.5, 0.6) is 5.75 Å². The van der Waals surface area contributed by atoms with Crippen molar-refractivity contribution >= 4 is 11.6 Å². The minimum atomic E-state index is -0.231. The molecule has 1 fully saturated rings. The quantitative estimate of drug-likeness (QED) is 0.685. The smallest absolute Gasteiger partial charge is 0.266 e. The summed E-state index contributed by atoms with van der Waals surface area (Å²) in [5.41, 5.74) is 0.914. The van der Waals surface area contributed by atoms with Crippen molar-refractivity contribution in [3.63, 3.8) is 0 Å². The van der Waals surface area contributed by atoms with Crippen molar-refractivity contribution in [1.82, 2.24) is 4.90 Å². The number of likely N-dealkylation sites (N-methyl/N-ethyl adjacent to an activating group) is 1. The standard InChI is InChI=1S/C18H23N3O2/c1-20(15-8-10-17(22)11-9-15)13-14(12-19)18(23)21(2)16-6-4-3-5-7-16/h8-11,13,16,22H,3-7H2,1-2H3/b14-13-. The molecule has 1 saturated carbocycles. The van der Waals surface area contributed by atoms with Crippen LogP contribution in [0.15, 0.2) is 36.0 Å². The minimum Gasteiger partial charge on any atom is -0.508 e. The van der Waals surface area contributed by atoms with Crippen LogP contribution in [0.3, 0.4) is 0 Å². The average Bonchev–Trinajstić information content (AvgIpc) is 2.59. The van der Waals surface area contributed by atoms with Crippen LogP contribution < -0.4 is 4.90 Å². The van der Waals surface area contributed by atoms with Gasteiger partial charge in [-0.3, -0.25) is 4.79 Å². The first-order chi connectivity index (χ1) is 11.0. The lowest BCUT2D eigenvalue weighted by molar-refractivity contribution is -0.128. The minimum absolute atomic E-state index is 0.119. The number of hydrogen-bond donors (Lipinski definition) is 1. The summed E-state index contributed by atoms with van der Waals surface area (Å²) in [6.45, 7) is 0. The number of amides is 1. The zero-order valence-electron chi connectivity index (χ0n) is 13.7. The Labute approximate surface area is 137 Å². The summed E-state index contributed by atoms with van der Waals surface area (Å²) in [5, 5.41) is 18.7. The van der Waals surface area contributed by atoms with Gasteiger partial charge in [0.05, 0.1) is 0 Å². The van der Waals surface area contributed by atoms with Crippen molar-refractivity contribution in [2.24, 2.45) is 0 Å². The Morgan fingerprint density at radius 2 is 1.83 bits per heavy atom. The fourth-order valence-corrected chi connectivity index (χ4v) is 2.91. The molecule has 1 amide bonds. The number of carbonyl (C=O) groups is 1. The van der Waals surface area contributed by atoms with Gasteiger partial charge in [0.1, 0.15) is 17.4 Å². The Kier molecular flexibility index (Phi) is 5.64. The third kappa shape index (κ3) is 4.26. The van der Waals surface area contributed by atoms with Crippen LogP contribution >= 0.6 is 0 Å². The van der Waals surface area contributed by atoms with Crippen molar-refractivity contribution in [3.05, 3.63) is 36.0 Å². The number of benzene rings is 1. The molecule has 0 unspecified atom stereocenters. The number of hydrogen-bond acceptors (Lipinski definition) is 4. The predicted molar refractivity (Wildman–Crippen MR) is 89.8 cm³/mol. The molecule has 2 rings (SSSR count). The molecule has 5 nitrogen and oxygen atoms in total. The summed E-state index contributed by atoms with van der Waals surface area (Å²) < 4.78 is 0. The Hall–Kier alpha value is -2.48. The zero-order valence-corrected chi connectivity index (χ0v) is 13.7. The number of anilines is 1. The summed E-state index contributed by atoms with van der Waals surface area (Å²) in [6, 6.07) is 8.85. The van der Waals surface area contributed by atoms with Crippen LogP contribution in [0.25, 0.3) is 0 Å². The van der Waals surface area contributed by atoms with E-state index in [2.05, 4.69) is 0 Å². The van der Waals surface area contributed by atoms with Gasteiger partial charge >= 0.3 is 0 Å². The van der Waals surface area contributed by atoms with Gasteiger partial charge in [0.25, 0.3) is 5.91 Å². The first kappa shape index (κ1) is 16.9. The topological polar surface area (TPSA) is 67.6 Å². The van der Waals surface area contributed by atoms with Crippen molar-refractivity contribution in [3.8, 4) is 11.8 Å². The van der Waals surface area contributed by atoms with Gasteiger partial charge < -0.3 is 14.9 Å². The van der Waals surface area contributed by atoms with Gasteiger partial charge in [-0.05, 0) is 37.1 Å². The lowest BCUT2D eigenvalue weighted by Gasteiger charge is -2.31. The second kappa shape index (κ2) is 7.68. The van der Waals surface area contributed by atoms with Crippen LogP contribution in [0, 0.1) is 11.3 Å². The molecule has 1 aliphatic rings. The number of rotatable bonds is 4. The van der Waals surface area contributed by atoms with E-state index in [4.69, 9.17) is 0 Å². The fraction of sp³-hybridized carbons (Fsp3) is 0.444. The maximum Gasteiger partial charge on any atom is 0.266 e. The van der Waals surface area contributed by atoms with E-state index < -0.39 is 0 Å².